The molecule has 1 heterocycles. The van der Waals surface area contributed by atoms with E-state index in [1.165, 1.54) is 54.0 Å². The highest BCUT2D eigenvalue weighted by Crippen LogP contribution is 2.05. The Bertz CT molecular complexity index is 486. The van der Waals surface area contributed by atoms with Crippen LogP contribution in [0.2, 0.25) is 0 Å². The highest BCUT2D eigenvalue weighted by Gasteiger charge is 2.26. The van der Waals surface area contributed by atoms with Gasteiger partial charge in [0.05, 0.1) is 6.61 Å². The number of piperazine rings is 1. The molecule has 164 valence electrons. The van der Waals surface area contributed by atoms with Crippen molar-refractivity contribution in [1.29, 1.82) is 0 Å². The van der Waals surface area contributed by atoms with Crippen LogP contribution in [-0.2, 0) is 4.74 Å². The summed E-state index contributed by atoms with van der Waals surface area (Å²) in [7, 11) is 0. The average Bonchev–Trinajstić information content (AvgIpc) is 2.65. The van der Waals surface area contributed by atoms with E-state index >= 15 is 0 Å². The van der Waals surface area contributed by atoms with E-state index in [1.54, 1.807) is 0 Å². The van der Waals surface area contributed by atoms with Gasteiger partial charge >= 0.3 is 0 Å². The molecule has 1 aliphatic rings. The third-order valence-corrected chi connectivity index (χ3v) is 5.29. The number of aliphatic hydroxyl groups excluding tert-OH is 1. The van der Waals surface area contributed by atoms with E-state index in [-0.39, 0.29) is 36.7 Å². The molecule has 0 aromatic heterocycles. The summed E-state index contributed by atoms with van der Waals surface area (Å²) in [5.74, 6) is -0.179. The van der Waals surface area contributed by atoms with Crippen LogP contribution in [0.5, 0.6) is 0 Å². The number of aliphatic hydroxyl groups is 1. The van der Waals surface area contributed by atoms with Gasteiger partial charge < -0.3 is 39.6 Å². The fourth-order valence-electron chi connectivity index (χ4n) is 3.68. The highest BCUT2D eigenvalue weighted by molar-refractivity contribution is 5.28. The van der Waals surface area contributed by atoms with Crippen LogP contribution in [0.1, 0.15) is 45.4 Å². The van der Waals surface area contributed by atoms with Crippen molar-refractivity contribution in [3.63, 3.8) is 0 Å². The summed E-state index contributed by atoms with van der Waals surface area (Å²) in [5, 5.41) is 10.2. The van der Waals surface area contributed by atoms with Crippen LogP contribution in [0.15, 0.2) is 24.3 Å². The van der Waals surface area contributed by atoms with E-state index in [4.69, 9.17) is 4.74 Å². The van der Waals surface area contributed by atoms with Crippen LogP contribution in [0.25, 0.3) is 0 Å². The fourth-order valence-corrected chi connectivity index (χ4v) is 3.68. The fraction of sp³-hybridized carbons (Fsp3) is 0.714. The predicted molar refractivity (Wildman–Crippen MR) is 103 cm³/mol. The SMILES string of the molecule is CCCCCCCCOCC(O)C[NH+]1CC[NH+](c2ccc(F)cc2)CC1.[Cl-].[Cl-]. The van der Waals surface area contributed by atoms with Gasteiger partial charge in [-0.05, 0) is 18.6 Å². The van der Waals surface area contributed by atoms with E-state index in [2.05, 4.69) is 6.92 Å². The Morgan fingerprint density at radius 3 is 2.21 bits per heavy atom. The van der Waals surface area contributed by atoms with Crippen molar-refractivity contribution in [3.8, 4) is 0 Å². The van der Waals surface area contributed by atoms with Crippen LogP contribution in [-0.4, -0.2) is 57.1 Å². The first-order valence-electron chi connectivity index (χ1n) is 10.4. The van der Waals surface area contributed by atoms with Gasteiger partial charge in [-0.1, -0.05) is 39.0 Å². The highest BCUT2D eigenvalue weighted by atomic mass is 35.5. The number of unbranched alkanes of at least 4 members (excludes halogenated alkanes) is 5. The van der Waals surface area contributed by atoms with Gasteiger partial charge in [-0.25, -0.2) is 4.39 Å². The number of hydrogen-bond acceptors (Lipinski definition) is 2. The molecule has 1 fully saturated rings. The molecule has 3 N–H and O–H groups in total. The third-order valence-electron chi connectivity index (χ3n) is 5.29. The number of halogens is 3. The number of ether oxygens (including phenoxy) is 1. The molecule has 1 atom stereocenters. The first-order valence-corrected chi connectivity index (χ1v) is 10.4. The molecule has 28 heavy (non-hydrogen) atoms. The standard InChI is InChI=1S/C21H35FN2O2.2ClH/c1-2-3-4-5-6-7-16-26-18-21(25)17-23-12-14-24(15-13-23)20-10-8-19(22)9-11-20;;/h8-11,21,25H,2-7,12-18H2,1H3;2*1H. The summed E-state index contributed by atoms with van der Waals surface area (Å²) in [4.78, 5) is 2.84. The molecule has 0 radical (unpaired) electrons. The Labute approximate surface area is 182 Å². The summed E-state index contributed by atoms with van der Waals surface area (Å²) in [5.41, 5.74) is 1.16. The number of quaternary nitrogens is 2. The summed E-state index contributed by atoms with van der Waals surface area (Å²) >= 11 is 0. The Morgan fingerprint density at radius 2 is 1.57 bits per heavy atom. The minimum Gasteiger partial charge on any atom is -1.00 e. The van der Waals surface area contributed by atoms with Crippen molar-refractivity contribution in [2.24, 2.45) is 0 Å². The lowest BCUT2D eigenvalue weighted by atomic mass is 10.1. The Kier molecular flexibility index (Phi) is 16.1. The minimum atomic E-state index is -0.377. The molecular formula is C21H37Cl2FN2O2. The lowest BCUT2D eigenvalue weighted by Crippen LogP contribution is -3.26. The van der Waals surface area contributed by atoms with Crippen molar-refractivity contribution in [2.75, 3.05) is 45.9 Å². The molecule has 0 bridgehead atoms. The molecule has 1 aromatic rings. The molecule has 0 amide bonds. The summed E-state index contributed by atoms with van der Waals surface area (Å²) in [6.45, 7) is 8.30. The molecule has 1 unspecified atom stereocenters. The van der Waals surface area contributed by atoms with Gasteiger partial charge in [0, 0.05) is 18.7 Å². The second-order valence-electron chi connectivity index (χ2n) is 7.56. The smallest absolute Gasteiger partial charge is 0.132 e. The molecule has 7 heteroatoms. The van der Waals surface area contributed by atoms with Crippen LogP contribution >= 0.6 is 0 Å². The van der Waals surface area contributed by atoms with Crippen LogP contribution in [0, 0.1) is 5.82 Å². The van der Waals surface area contributed by atoms with Crippen molar-refractivity contribution >= 4 is 5.69 Å². The lowest BCUT2D eigenvalue weighted by Gasteiger charge is -2.30. The zero-order valence-corrected chi connectivity index (χ0v) is 18.6. The first kappa shape index (κ1) is 27.6. The molecule has 0 spiro atoms. The average molecular weight is 439 g/mol. The van der Waals surface area contributed by atoms with E-state index in [1.807, 2.05) is 12.1 Å². The van der Waals surface area contributed by atoms with E-state index in [0.29, 0.717) is 6.61 Å². The Balaban J connectivity index is 0.00000364. The van der Waals surface area contributed by atoms with Gasteiger partial charge in [-0.15, -0.1) is 0 Å². The van der Waals surface area contributed by atoms with Crippen LogP contribution < -0.4 is 34.6 Å². The maximum absolute atomic E-state index is 13.0. The maximum Gasteiger partial charge on any atom is 0.132 e. The summed E-state index contributed by atoms with van der Waals surface area (Å²) in [6.07, 6.45) is 7.19. The monoisotopic (exact) mass is 438 g/mol. The van der Waals surface area contributed by atoms with Gasteiger partial charge in [-0.3, -0.25) is 4.90 Å². The molecular weight excluding hydrogens is 402 g/mol. The summed E-state index contributed by atoms with van der Waals surface area (Å²) < 4.78 is 18.7. The second kappa shape index (κ2) is 16.4. The van der Waals surface area contributed by atoms with Gasteiger partial charge in [-0.2, -0.15) is 0 Å². The molecule has 0 aliphatic carbocycles. The van der Waals surface area contributed by atoms with Crippen molar-refractivity contribution < 1.29 is 48.8 Å². The van der Waals surface area contributed by atoms with E-state index in [0.717, 1.165) is 51.4 Å². The molecule has 0 saturated carbocycles. The van der Waals surface area contributed by atoms with Gasteiger partial charge in [0.25, 0.3) is 0 Å². The van der Waals surface area contributed by atoms with Crippen molar-refractivity contribution in [1.82, 2.24) is 0 Å². The first-order chi connectivity index (χ1) is 12.7. The van der Waals surface area contributed by atoms with Gasteiger partial charge in [0.1, 0.15) is 50.3 Å². The molecule has 2 rings (SSSR count). The van der Waals surface area contributed by atoms with Gasteiger partial charge in [0.15, 0.2) is 0 Å². The maximum atomic E-state index is 13.0. The third kappa shape index (κ3) is 10.9. The van der Waals surface area contributed by atoms with Crippen molar-refractivity contribution in [2.45, 2.75) is 51.6 Å². The van der Waals surface area contributed by atoms with Crippen molar-refractivity contribution in [3.05, 3.63) is 30.1 Å². The zero-order valence-electron chi connectivity index (χ0n) is 17.1. The van der Waals surface area contributed by atoms with Crippen LogP contribution in [0.4, 0.5) is 10.1 Å². The van der Waals surface area contributed by atoms with Crippen LogP contribution in [0.3, 0.4) is 0 Å². The number of nitrogens with one attached hydrogen (secondary N) is 2. The summed E-state index contributed by atoms with van der Waals surface area (Å²) in [6, 6.07) is 6.82. The largest absolute Gasteiger partial charge is 1.00 e. The lowest BCUT2D eigenvalue weighted by molar-refractivity contribution is -0.988. The molecule has 1 saturated heterocycles. The number of rotatable bonds is 12. The minimum absolute atomic E-state index is 0. The van der Waals surface area contributed by atoms with E-state index in [9.17, 15) is 9.50 Å². The quantitative estimate of drug-likeness (QED) is 0.286. The van der Waals surface area contributed by atoms with Gasteiger partial charge in [0.2, 0.25) is 0 Å². The predicted octanol–water partition coefficient (Wildman–Crippen LogP) is -5.01. The molecule has 1 aliphatic heterocycles. The zero-order chi connectivity index (χ0) is 18.6. The Hall–Kier alpha value is -0.430. The number of benzene rings is 1. The molecule has 1 aromatic carbocycles. The Morgan fingerprint density at radius 1 is 0.964 bits per heavy atom. The number of hydrogen-bond donors (Lipinski definition) is 3. The van der Waals surface area contributed by atoms with E-state index < -0.39 is 0 Å². The second-order valence-corrected chi connectivity index (χ2v) is 7.56. The normalized spacial score (nSPS) is 20.1. The topological polar surface area (TPSA) is 38.3 Å². The molecule has 4 nitrogen and oxygen atoms in total.